The summed E-state index contributed by atoms with van der Waals surface area (Å²) in [6.45, 7) is 9.37. The van der Waals surface area contributed by atoms with Crippen molar-refractivity contribution < 1.29 is 14.6 Å². The van der Waals surface area contributed by atoms with Crippen molar-refractivity contribution in [3.63, 3.8) is 0 Å². The fourth-order valence-electron chi connectivity index (χ4n) is 3.09. The molecule has 4 N–H and O–H groups in total. The van der Waals surface area contributed by atoms with Crippen molar-refractivity contribution in [2.45, 2.75) is 59.3 Å². The SMILES string of the molecule is CCCC(=O)Nc1cccc(CN=C(NCC)NCC(O)c2cccc(OC(C)C)c2)c1. The topological polar surface area (TPSA) is 95.0 Å². The van der Waals surface area contributed by atoms with E-state index in [0.29, 0.717) is 32.0 Å². The number of amides is 1. The van der Waals surface area contributed by atoms with Gasteiger partial charge in [0.2, 0.25) is 5.91 Å². The van der Waals surface area contributed by atoms with E-state index >= 15 is 0 Å². The Hall–Kier alpha value is -3.06. The zero-order chi connectivity index (χ0) is 23.3. The van der Waals surface area contributed by atoms with E-state index < -0.39 is 6.10 Å². The zero-order valence-electron chi connectivity index (χ0n) is 19.5. The molecular formula is C25H36N4O3. The van der Waals surface area contributed by atoms with Gasteiger partial charge in [-0.1, -0.05) is 31.2 Å². The van der Waals surface area contributed by atoms with Crippen LogP contribution in [0.3, 0.4) is 0 Å². The highest BCUT2D eigenvalue weighted by Gasteiger charge is 2.10. The standard InChI is InChI=1S/C25H36N4O3/c1-5-9-24(31)29-21-12-7-10-19(14-21)16-27-25(26-6-2)28-17-23(30)20-11-8-13-22(15-20)32-18(3)4/h7-8,10-15,18,23,30H,5-6,9,16-17H2,1-4H3,(H,29,31)(H2,26,27,28). The number of guanidine groups is 1. The highest BCUT2D eigenvalue weighted by molar-refractivity contribution is 5.90. The number of hydrogen-bond acceptors (Lipinski definition) is 4. The molecule has 0 aromatic heterocycles. The monoisotopic (exact) mass is 440 g/mol. The predicted molar refractivity (Wildman–Crippen MR) is 130 cm³/mol. The number of carbonyl (C=O) groups excluding carboxylic acids is 1. The lowest BCUT2D eigenvalue weighted by atomic mass is 10.1. The van der Waals surface area contributed by atoms with Gasteiger partial charge < -0.3 is 25.8 Å². The van der Waals surface area contributed by atoms with Gasteiger partial charge in [0.1, 0.15) is 5.75 Å². The van der Waals surface area contributed by atoms with Crippen LogP contribution in [0.1, 0.15) is 57.8 Å². The van der Waals surface area contributed by atoms with E-state index in [-0.39, 0.29) is 12.0 Å². The highest BCUT2D eigenvalue weighted by Crippen LogP contribution is 2.20. The number of ether oxygens (including phenoxy) is 1. The van der Waals surface area contributed by atoms with Crippen molar-refractivity contribution in [3.05, 3.63) is 59.7 Å². The fourth-order valence-corrected chi connectivity index (χ4v) is 3.09. The van der Waals surface area contributed by atoms with Crippen LogP contribution in [0.25, 0.3) is 0 Å². The fraction of sp³-hybridized carbons (Fsp3) is 0.440. The second kappa shape index (κ2) is 13.4. The zero-order valence-corrected chi connectivity index (χ0v) is 19.5. The van der Waals surface area contributed by atoms with Crippen LogP contribution in [0, 0.1) is 0 Å². The Morgan fingerprint density at radius 3 is 2.59 bits per heavy atom. The summed E-state index contributed by atoms with van der Waals surface area (Å²) in [6.07, 6.45) is 0.693. The molecule has 2 aromatic carbocycles. The third-order valence-electron chi connectivity index (χ3n) is 4.53. The van der Waals surface area contributed by atoms with Gasteiger partial charge in [0.25, 0.3) is 0 Å². The number of carbonyl (C=O) groups is 1. The average molecular weight is 441 g/mol. The summed E-state index contributed by atoms with van der Waals surface area (Å²) in [5, 5.41) is 19.9. The Bertz CT molecular complexity index is 883. The van der Waals surface area contributed by atoms with Gasteiger partial charge in [-0.15, -0.1) is 0 Å². The van der Waals surface area contributed by atoms with Crippen molar-refractivity contribution in [2.24, 2.45) is 4.99 Å². The number of anilines is 1. The minimum atomic E-state index is -0.702. The third kappa shape index (κ3) is 8.98. The molecule has 0 radical (unpaired) electrons. The molecule has 0 aliphatic rings. The van der Waals surface area contributed by atoms with Gasteiger partial charge in [0.15, 0.2) is 5.96 Å². The van der Waals surface area contributed by atoms with Gasteiger partial charge in [-0.25, -0.2) is 4.99 Å². The highest BCUT2D eigenvalue weighted by atomic mass is 16.5. The molecule has 2 rings (SSSR count). The minimum Gasteiger partial charge on any atom is -0.491 e. The molecule has 1 atom stereocenters. The lowest BCUT2D eigenvalue weighted by Gasteiger charge is -2.17. The molecule has 1 unspecified atom stereocenters. The summed E-state index contributed by atoms with van der Waals surface area (Å²) in [6, 6.07) is 15.2. The number of aliphatic hydroxyl groups is 1. The summed E-state index contributed by atoms with van der Waals surface area (Å²) < 4.78 is 5.71. The van der Waals surface area contributed by atoms with E-state index in [2.05, 4.69) is 20.9 Å². The maximum absolute atomic E-state index is 11.8. The molecule has 7 nitrogen and oxygen atoms in total. The van der Waals surface area contributed by atoms with Crippen LogP contribution in [0.15, 0.2) is 53.5 Å². The van der Waals surface area contributed by atoms with Crippen LogP contribution in [0.5, 0.6) is 5.75 Å². The molecule has 2 aromatic rings. The minimum absolute atomic E-state index is 0.0139. The van der Waals surface area contributed by atoms with E-state index in [1.54, 1.807) is 0 Å². The first-order valence-corrected chi connectivity index (χ1v) is 11.3. The number of aliphatic hydroxyl groups excluding tert-OH is 1. The van der Waals surface area contributed by atoms with Crippen LogP contribution in [-0.2, 0) is 11.3 Å². The Morgan fingerprint density at radius 2 is 1.88 bits per heavy atom. The van der Waals surface area contributed by atoms with Crippen molar-refractivity contribution >= 4 is 17.6 Å². The first kappa shape index (κ1) is 25.2. The Morgan fingerprint density at radius 1 is 1.09 bits per heavy atom. The van der Waals surface area contributed by atoms with Crippen molar-refractivity contribution in [3.8, 4) is 5.75 Å². The van der Waals surface area contributed by atoms with Gasteiger partial charge in [0.05, 0.1) is 18.8 Å². The maximum atomic E-state index is 11.8. The van der Waals surface area contributed by atoms with Gasteiger partial charge in [-0.3, -0.25) is 4.79 Å². The van der Waals surface area contributed by atoms with Crippen molar-refractivity contribution in [2.75, 3.05) is 18.4 Å². The van der Waals surface area contributed by atoms with Crippen LogP contribution in [-0.4, -0.2) is 36.2 Å². The van der Waals surface area contributed by atoms with Gasteiger partial charge >= 0.3 is 0 Å². The predicted octanol–water partition coefficient (Wildman–Crippen LogP) is 4.00. The first-order valence-electron chi connectivity index (χ1n) is 11.3. The Kier molecular flexibility index (Phi) is 10.5. The molecule has 174 valence electrons. The average Bonchev–Trinajstić information content (AvgIpc) is 2.75. The molecule has 0 saturated heterocycles. The van der Waals surface area contributed by atoms with Crippen LogP contribution in [0.4, 0.5) is 5.69 Å². The van der Waals surface area contributed by atoms with Crippen LogP contribution >= 0.6 is 0 Å². The lowest BCUT2D eigenvalue weighted by Crippen LogP contribution is -2.39. The van der Waals surface area contributed by atoms with Gasteiger partial charge in [-0.2, -0.15) is 0 Å². The van der Waals surface area contributed by atoms with Gasteiger partial charge in [-0.05, 0) is 62.6 Å². The molecule has 32 heavy (non-hydrogen) atoms. The van der Waals surface area contributed by atoms with Crippen molar-refractivity contribution in [1.29, 1.82) is 0 Å². The molecule has 0 spiro atoms. The second-order valence-corrected chi connectivity index (χ2v) is 7.83. The maximum Gasteiger partial charge on any atom is 0.224 e. The van der Waals surface area contributed by atoms with Crippen LogP contribution < -0.4 is 20.7 Å². The quantitative estimate of drug-likeness (QED) is 0.313. The molecule has 1 amide bonds. The number of nitrogens with one attached hydrogen (secondary N) is 3. The summed E-state index contributed by atoms with van der Waals surface area (Å²) in [5.74, 6) is 1.37. The molecule has 0 aliphatic carbocycles. The van der Waals surface area contributed by atoms with E-state index in [0.717, 1.165) is 29.0 Å². The second-order valence-electron chi connectivity index (χ2n) is 7.83. The van der Waals surface area contributed by atoms with E-state index in [4.69, 9.17) is 4.74 Å². The smallest absolute Gasteiger partial charge is 0.224 e. The Labute approximate surface area is 191 Å². The molecule has 0 fully saturated rings. The van der Waals surface area contributed by atoms with E-state index in [9.17, 15) is 9.90 Å². The molecular weight excluding hydrogens is 404 g/mol. The van der Waals surface area contributed by atoms with E-state index in [1.165, 1.54) is 0 Å². The summed E-state index contributed by atoms with van der Waals surface area (Å²) in [5.41, 5.74) is 2.53. The van der Waals surface area contributed by atoms with E-state index in [1.807, 2.05) is 76.2 Å². The number of benzene rings is 2. The summed E-state index contributed by atoms with van der Waals surface area (Å²) in [4.78, 5) is 16.4. The summed E-state index contributed by atoms with van der Waals surface area (Å²) >= 11 is 0. The molecule has 0 saturated carbocycles. The first-order chi connectivity index (χ1) is 15.4. The normalized spacial score (nSPS) is 12.4. The lowest BCUT2D eigenvalue weighted by molar-refractivity contribution is -0.116. The molecule has 0 aliphatic heterocycles. The largest absolute Gasteiger partial charge is 0.491 e. The molecule has 0 bridgehead atoms. The third-order valence-corrected chi connectivity index (χ3v) is 4.53. The molecule has 0 heterocycles. The van der Waals surface area contributed by atoms with Crippen LogP contribution in [0.2, 0.25) is 0 Å². The van der Waals surface area contributed by atoms with Gasteiger partial charge in [0, 0.05) is 25.2 Å². The molecule has 7 heteroatoms. The number of aliphatic imine (C=N–C) groups is 1. The Balaban J connectivity index is 1.98. The number of nitrogens with zero attached hydrogens (tertiary/aromatic N) is 1. The van der Waals surface area contributed by atoms with Crippen molar-refractivity contribution in [1.82, 2.24) is 10.6 Å². The summed E-state index contributed by atoms with van der Waals surface area (Å²) in [7, 11) is 0. The number of hydrogen-bond donors (Lipinski definition) is 4. The number of rotatable bonds is 11.